The van der Waals surface area contributed by atoms with Crippen molar-refractivity contribution in [1.82, 2.24) is 4.68 Å². The maximum absolute atomic E-state index is 10.1. The Bertz CT molecular complexity index is 1300. The second-order valence-corrected chi connectivity index (χ2v) is 7.41. The predicted octanol–water partition coefficient (Wildman–Crippen LogP) is 5.05. The molecule has 0 radical (unpaired) electrons. The van der Waals surface area contributed by atoms with E-state index in [9.17, 15) is 5.11 Å². The molecule has 0 aliphatic rings. The molecule has 0 spiro atoms. The normalized spacial score (nSPS) is 12.0. The monoisotopic (exact) mass is 415 g/mol. The molecule has 3 aromatic carbocycles. The van der Waals surface area contributed by atoms with E-state index in [2.05, 4.69) is 34.9 Å². The van der Waals surface area contributed by atoms with Gasteiger partial charge in [0.1, 0.15) is 11.5 Å². The molecule has 0 saturated heterocycles. The molecule has 150 valence electrons. The summed E-state index contributed by atoms with van der Waals surface area (Å²) in [7, 11) is 1.67. The Morgan fingerprint density at radius 1 is 1.10 bits per heavy atom. The lowest BCUT2D eigenvalue weighted by atomic mass is 10.1. The molecule has 5 nitrogen and oxygen atoms in total. The molecule has 30 heavy (non-hydrogen) atoms. The number of hydrogen-bond acceptors (Lipinski definition) is 5. The van der Waals surface area contributed by atoms with Crippen molar-refractivity contribution in [2.45, 2.75) is 0 Å². The standard InChI is InChI=1S/C24H21N3O2S/c1-3-12-25-24-27(26-15-20-6-4-5-7-23(20)28)22(16-30-24)19-9-8-18-14-21(29-2)11-10-17(18)13-19/h3-11,13-16,28H,1,12H2,2H3. The van der Waals surface area contributed by atoms with Crippen LogP contribution < -0.4 is 9.54 Å². The molecule has 0 amide bonds. The van der Waals surface area contributed by atoms with Crippen molar-refractivity contribution in [2.24, 2.45) is 10.1 Å². The number of rotatable bonds is 6. The van der Waals surface area contributed by atoms with Crippen LogP contribution in [-0.2, 0) is 0 Å². The summed E-state index contributed by atoms with van der Waals surface area (Å²) >= 11 is 1.51. The van der Waals surface area contributed by atoms with Crippen molar-refractivity contribution >= 4 is 28.3 Å². The van der Waals surface area contributed by atoms with E-state index >= 15 is 0 Å². The molecule has 6 heteroatoms. The van der Waals surface area contributed by atoms with Crippen LogP contribution in [0.25, 0.3) is 22.0 Å². The summed E-state index contributed by atoms with van der Waals surface area (Å²) in [4.78, 5) is 5.32. The zero-order valence-electron chi connectivity index (χ0n) is 16.5. The number of phenolic OH excluding ortho intramolecular Hbond substituents is 1. The number of ether oxygens (including phenoxy) is 1. The fourth-order valence-corrected chi connectivity index (χ4v) is 3.93. The van der Waals surface area contributed by atoms with E-state index in [-0.39, 0.29) is 5.75 Å². The number of thiazole rings is 1. The minimum Gasteiger partial charge on any atom is -0.507 e. The maximum Gasteiger partial charge on any atom is 0.206 e. The molecule has 1 aromatic heterocycles. The molecular weight excluding hydrogens is 394 g/mol. The molecule has 0 saturated carbocycles. The molecule has 0 fully saturated rings. The van der Waals surface area contributed by atoms with Gasteiger partial charge in [0, 0.05) is 16.5 Å². The smallest absolute Gasteiger partial charge is 0.206 e. The van der Waals surface area contributed by atoms with Gasteiger partial charge in [-0.25, -0.2) is 4.68 Å². The van der Waals surface area contributed by atoms with Gasteiger partial charge >= 0.3 is 0 Å². The number of para-hydroxylation sites is 1. The number of aromatic hydroxyl groups is 1. The highest BCUT2D eigenvalue weighted by atomic mass is 32.1. The molecule has 0 unspecified atom stereocenters. The van der Waals surface area contributed by atoms with E-state index < -0.39 is 0 Å². The number of aromatic nitrogens is 1. The number of phenols is 1. The highest BCUT2D eigenvalue weighted by Crippen LogP contribution is 2.27. The summed E-state index contributed by atoms with van der Waals surface area (Å²) in [5.74, 6) is 1.02. The average Bonchev–Trinajstić information content (AvgIpc) is 3.19. The van der Waals surface area contributed by atoms with Crippen LogP contribution in [0.1, 0.15) is 5.56 Å². The molecule has 1 N–H and O–H groups in total. The Morgan fingerprint density at radius 2 is 1.90 bits per heavy atom. The average molecular weight is 416 g/mol. The van der Waals surface area contributed by atoms with E-state index in [0.29, 0.717) is 12.1 Å². The SMILES string of the molecule is C=CCN=c1scc(-c2ccc3cc(OC)ccc3c2)n1N=Cc1ccccc1O. The Hall–Kier alpha value is -3.64. The Balaban J connectivity index is 1.82. The first-order chi connectivity index (χ1) is 14.7. The molecule has 0 bridgehead atoms. The summed E-state index contributed by atoms with van der Waals surface area (Å²) in [5.41, 5.74) is 2.59. The summed E-state index contributed by atoms with van der Waals surface area (Å²) in [6, 6.07) is 19.4. The number of methoxy groups -OCH3 is 1. The first-order valence-corrected chi connectivity index (χ1v) is 10.3. The first kappa shape index (κ1) is 19.7. The Morgan fingerprint density at radius 3 is 2.70 bits per heavy atom. The largest absolute Gasteiger partial charge is 0.507 e. The molecule has 4 rings (SSSR count). The van der Waals surface area contributed by atoms with Crippen LogP contribution in [0.15, 0.2) is 88.8 Å². The van der Waals surface area contributed by atoms with E-state index in [1.807, 2.05) is 35.7 Å². The first-order valence-electron chi connectivity index (χ1n) is 9.42. The van der Waals surface area contributed by atoms with Gasteiger partial charge in [-0.15, -0.1) is 17.9 Å². The third-order valence-electron chi connectivity index (χ3n) is 4.63. The van der Waals surface area contributed by atoms with Crippen LogP contribution in [0.5, 0.6) is 11.5 Å². The minimum absolute atomic E-state index is 0.183. The van der Waals surface area contributed by atoms with Gasteiger partial charge in [0.15, 0.2) is 0 Å². The van der Waals surface area contributed by atoms with Gasteiger partial charge in [-0.2, -0.15) is 5.10 Å². The van der Waals surface area contributed by atoms with Gasteiger partial charge in [0.05, 0.1) is 25.6 Å². The van der Waals surface area contributed by atoms with Crippen LogP contribution in [-0.4, -0.2) is 29.7 Å². The van der Waals surface area contributed by atoms with Gasteiger partial charge in [-0.3, -0.25) is 4.99 Å². The third-order valence-corrected chi connectivity index (χ3v) is 5.49. The van der Waals surface area contributed by atoms with Crippen molar-refractivity contribution in [3.05, 3.63) is 89.1 Å². The molecule has 4 aromatic rings. The topological polar surface area (TPSA) is 59.1 Å². The number of benzene rings is 3. The van der Waals surface area contributed by atoms with Gasteiger partial charge in [0.25, 0.3) is 0 Å². The minimum atomic E-state index is 0.183. The zero-order valence-corrected chi connectivity index (χ0v) is 17.3. The van der Waals surface area contributed by atoms with E-state index in [4.69, 9.17) is 4.74 Å². The van der Waals surface area contributed by atoms with Crippen molar-refractivity contribution in [1.29, 1.82) is 0 Å². The van der Waals surface area contributed by atoms with Gasteiger partial charge in [0.2, 0.25) is 4.80 Å². The molecular formula is C24H21N3O2S. The second-order valence-electron chi connectivity index (χ2n) is 6.58. The number of hydrogen-bond donors (Lipinski definition) is 1. The summed E-state index contributed by atoms with van der Waals surface area (Å²) in [5, 5.41) is 18.9. The maximum atomic E-state index is 10.1. The van der Waals surface area contributed by atoms with Crippen LogP contribution in [0, 0.1) is 0 Å². The zero-order chi connectivity index (χ0) is 20.9. The lowest BCUT2D eigenvalue weighted by molar-refractivity contribution is 0.415. The number of fused-ring (bicyclic) bond motifs is 1. The molecule has 0 aliphatic heterocycles. The van der Waals surface area contributed by atoms with E-state index in [1.165, 1.54) is 11.3 Å². The molecule has 0 aliphatic carbocycles. The quantitative estimate of drug-likeness (QED) is 0.354. The van der Waals surface area contributed by atoms with Gasteiger partial charge in [-0.05, 0) is 41.1 Å². The lowest BCUT2D eigenvalue weighted by Crippen LogP contribution is -2.12. The van der Waals surface area contributed by atoms with Crippen LogP contribution >= 0.6 is 11.3 Å². The van der Waals surface area contributed by atoms with Crippen molar-refractivity contribution < 1.29 is 9.84 Å². The van der Waals surface area contributed by atoms with E-state index in [1.54, 1.807) is 36.2 Å². The summed E-state index contributed by atoms with van der Waals surface area (Å²) in [6.45, 7) is 4.25. The van der Waals surface area contributed by atoms with Crippen molar-refractivity contribution in [2.75, 3.05) is 13.7 Å². The van der Waals surface area contributed by atoms with Crippen LogP contribution in [0.2, 0.25) is 0 Å². The van der Waals surface area contributed by atoms with Crippen LogP contribution in [0.3, 0.4) is 0 Å². The molecule has 1 heterocycles. The number of nitrogens with zero attached hydrogens (tertiary/aromatic N) is 3. The van der Waals surface area contributed by atoms with Crippen LogP contribution in [0.4, 0.5) is 0 Å². The highest BCUT2D eigenvalue weighted by molar-refractivity contribution is 7.07. The predicted molar refractivity (Wildman–Crippen MR) is 124 cm³/mol. The van der Waals surface area contributed by atoms with Gasteiger partial charge < -0.3 is 9.84 Å². The van der Waals surface area contributed by atoms with Gasteiger partial charge in [-0.1, -0.05) is 36.4 Å². The summed E-state index contributed by atoms with van der Waals surface area (Å²) in [6.07, 6.45) is 3.39. The Labute approximate surface area is 178 Å². The fraction of sp³-hybridized carbons (Fsp3) is 0.0833. The highest BCUT2D eigenvalue weighted by Gasteiger charge is 2.09. The Kier molecular flexibility index (Phi) is 5.77. The van der Waals surface area contributed by atoms with Crippen molar-refractivity contribution in [3.63, 3.8) is 0 Å². The summed E-state index contributed by atoms with van der Waals surface area (Å²) < 4.78 is 7.12. The second kappa shape index (κ2) is 8.80. The fourth-order valence-electron chi connectivity index (χ4n) is 3.09. The lowest BCUT2D eigenvalue weighted by Gasteiger charge is -2.07. The molecule has 0 atom stereocenters. The van der Waals surface area contributed by atoms with E-state index in [0.717, 1.165) is 32.6 Å². The van der Waals surface area contributed by atoms with Crippen molar-refractivity contribution in [3.8, 4) is 22.8 Å². The third kappa shape index (κ3) is 4.04.